The molecule has 4 heteroatoms. The van der Waals surface area contributed by atoms with Gasteiger partial charge >= 0.3 is 0 Å². The van der Waals surface area contributed by atoms with Gasteiger partial charge in [-0.25, -0.2) is 4.98 Å². The van der Waals surface area contributed by atoms with Crippen LogP contribution >= 0.6 is 11.3 Å². The number of aromatic amines is 1. The molecule has 2 aromatic heterocycles. The summed E-state index contributed by atoms with van der Waals surface area (Å²) in [6.07, 6.45) is 0.738. The molecule has 1 N–H and O–H groups in total. The number of H-pyrrole nitrogens is 1. The number of nitrogens with zero attached hydrogens (tertiary/aromatic N) is 1. The van der Waals surface area contributed by atoms with Gasteiger partial charge in [0.2, 0.25) is 0 Å². The molecule has 2 heterocycles. The summed E-state index contributed by atoms with van der Waals surface area (Å²) < 4.78 is 0. The number of aryl methyl sites for hydroxylation is 3. The minimum atomic E-state index is -0.0388. The lowest BCUT2D eigenvalue weighted by Crippen LogP contribution is -2.10. The number of hydrogen-bond donors (Lipinski definition) is 1. The van der Waals surface area contributed by atoms with Gasteiger partial charge in [0.1, 0.15) is 10.7 Å². The van der Waals surface area contributed by atoms with Crippen molar-refractivity contribution >= 4 is 21.6 Å². The molecule has 0 bridgehead atoms. The monoisotopic (exact) mass is 284 g/mol. The van der Waals surface area contributed by atoms with Gasteiger partial charge in [0.25, 0.3) is 5.56 Å². The first-order valence-corrected chi connectivity index (χ1v) is 7.56. The topological polar surface area (TPSA) is 45.8 Å². The smallest absolute Gasteiger partial charge is 0.260 e. The van der Waals surface area contributed by atoms with E-state index in [9.17, 15) is 4.79 Å². The largest absolute Gasteiger partial charge is 0.310 e. The highest BCUT2D eigenvalue weighted by atomic mass is 32.1. The third kappa shape index (κ3) is 2.06. The molecule has 0 saturated carbocycles. The highest BCUT2D eigenvalue weighted by Gasteiger charge is 2.13. The molecule has 0 unspecified atom stereocenters. The van der Waals surface area contributed by atoms with Gasteiger partial charge in [-0.05, 0) is 25.0 Å². The van der Waals surface area contributed by atoms with Crippen LogP contribution < -0.4 is 5.56 Å². The van der Waals surface area contributed by atoms with Crippen LogP contribution in [0, 0.1) is 13.8 Å². The molecule has 0 amide bonds. The number of thiophene rings is 1. The van der Waals surface area contributed by atoms with Crippen LogP contribution in [0.1, 0.15) is 23.9 Å². The molecule has 0 aliphatic rings. The van der Waals surface area contributed by atoms with E-state index in [1.807, 2.05) is 12.3 Å². The third-order valence-corrected chi connectivity index (χ3v) is 4.37. The first-order valence-electron chi connectivity index (χ1n) is 6.68. The highest BCUT2D eigenvalue weighted by molar-refractivity contribution is 7.17. The number of rotatable bonds is 2. The Hall–Kier alpha value is -1.94. The van der Waals surface area contributed by atoms with Crippen molar-refractivity contribution in [3.63, 3.8) is 0 Å². The zero-order valence-corrected chi connectivity index (χ0v) is 12.6. The summed E-state index contributed by atoms with van der Waals surface area (Å²) in [6.45, 7) is 6.14. The number of nitrogens with one attached hydrogen (secondary N) is 1. The molecule has 0 atom stereocenters. The second-order valence-electron chi connectivity index (χ2n) is 5.01. The Kier molecular flexibility index (Phi) is 3.18. The lowest BCUT2D eigenvalue weighted by Gasteiger charge is -2.05. The highest BCUT2D eigenvalue weighted by Crippen LogP contribution is 2.32. The number of fused-ring (bicyclic) bond motifs is 1. The summed E-state index contributed by atoms with van der Waals surface area (Å²) in [5.41, 5.74) is 4.47. The van der Waals surface area contributed by atoms with Crippen molar-refractivity contribution in [2.75, 3.05) is 0 Å². The molecule has 102 valence electrons. The Bertz CT molecular complexity index is 845. The second kappa shape index (κ2) is 4.87. The summed E-state index contributed by atoms with van der Waals surface area (Å²) in [5, 5.41) is 2.74. The van der Waals surface area contributed by atoms with E-state index >= 15 is 0 Å². The van der Waals surface area contributed by atoms with Gasteiger partial charge in [-0.3, -0.25) is 4.79 Å². The SMILES string of the molecule is CCc1nc2scc(-c3ccc(C)cc3C)c2c(=O)[nH]1. The van der Waals surface area contributed by atoms with E-state index < -0.39 is 0 Å². The molecular weight excluding hydrogens is 268 g/mol. The zero-order chi connectivity index (χ0) is 14.3. The van der Waals surface area contributed by atoms with Crippen LogP contribution in [0.4, 0.5) is 0 Å². The summed E-state index contributed by atoms with van der Waals surface area (Å²) in [6, 6.07) is 6.30. The quantitative estimate of drug-likeness (QED) is 0.777. The van der Waals surface area contributed by atoms with Crippen molar-refractivity contribution in [1.29, 1.82) is 0 Å². The van der Waals surface area contributed by atoms with Crippen LogP contribution in [0.2, 0.25) is 0 Å². The molecule has 3 nitrogen and oxygen atoms in total. The molecule has 0 radical (unpaired) electrons. The van der Waals surface area contributed by atoms with Crippen LogP contribution in [-0.2, 0) is 6.42 Å². The minimum Gasteiger partial charge on any atom is -0.310 e. The minimum absolute atomic E-state index is 0.0388. The van der Waals surface area contributed by atoms with Gasteiger partial charge in [0, 0.05) is 17.4 Å². The van der Waals surface area contributed by atoms with Crippen molar-refractivity contribution in [2.24, 2.45) is 0 Å². The van der Waals surface area contributed by atoms with Gasteiger partial charge in [-0.1, -0.05) is 30.7 Å². The summed E-state index contributed by atoms with van der Waals surface area (Å²) in [4.78, 5) is 20.5. The first-order chi connectivity index (χ1) is 9.60. The van der Waals surface area contributed by atoms with Gasteiger partial charge in [-0.15, -0.1) is 11.3 Å². The van der Waals surface area contributed by atoms with E-state index in [2.05, 4.69) is 42.0 Å². The first kappa shape index (κ1) is 13.1. The van der Waals surface area contributed by atoms with Crippen molar-refractivity contribution < 1.29 is 0 Å². The van der Waals surface area contributed by atoms with Crippen molar-refractivity contribution in [1.82, 2.24) is 9.97 Å². The summed E-state index contributed by atoms with van der Waals surface area (Å²) >= 11 is 1.53. The fourth-order valence-corrected chi connectivity index (χ4v) is 3.43. The van der Waals surface area contributed by atoms with E-state index in [4.69, 9.17) is 0 Å². The van der Waals surface area contributed by atoms with Crippen molar-refractivity contribution in [2.45, 2.75) is 27.2 Å². The molecular formula is C16H16N2OS. The standard InChI is InChI=1S/C16H16N2OS/c1-4-13-17-15(19)14-12(8-20-16(14)18-13)11-6-5-9(2)7-10(11)3/h5-8H,4H2,1-3H3,(H,17,18,19). The fourth-order valence-electron chi connectivity index (χ4n) is 2.47. The second-order valence-corrected chi connectivity index (χ2v) is 5.87. The number of aromatic nitrogens is 2. The normalized spacial score (nSPS) is 11.2. The van der Waals surface area contributed by atoms with Gasteiger partial charge in [-0.2, -0.15) is 0 Å². The van der Waals surface area contributed by atoms with Gasteiger partial charge in [0.15, 0.2) is 0 Å². The molecule has 3 aromatic rings. The average Bonchev–Trinajstić information content (AvgIpc) is 2.83. The maximum atomic E-state index is 12.3. The Morgan fingerprint density at radius 2 is 2.05 bits per heavy atom. The van der Waals surface area contributed by atoms with E-state index in [-0.39, 0.29) is 5.56 Å². The molecule has 0 aliphatic carbocycles. The van der Waals surface area contributed by atoms with Gasteiger partial charge < -0.3 is 4.98 Å². The fraction of sp³-hybridized carbons (Fsp3) is 0.250. The molecule has 3 rings (SSSR count). The van der Waals surface area contributed by atoms with Crippen LogP contribution in [0.5, 0.6) is 0 Å². The Morgan fingerprint density at radius 1 is 1.25 bits per heavy atom. The van der Waals surface area contributed by atoms with Crippen LogP contribution in [0.15, 0.2) is 28.4 Å². The molecule has 20 heavy (non-hydrogen) atoms. The number of benzene rings is 1. The lowest BCUT2D eigenvalue weighted by molar-refractivity contribution is 0.948. The molecule has 0 spiro atoms. The van der Waals surface area contributed by atoms with E-state index in [0.717, 1.165) is 28.2 Å². The maximum Gasteiger partial charge on any atom is 0.260 e. The predicted molar refractivity (Wildman–Crippen MR) is 84.5 cm³/mol. The Balaban J connectivity index is 2.30. The average molecular weight is 284 g/mol. The summed E-state index contributed by atoms with van der Waals surface area (Å²) in [7, 11) is 0. The van der Waals surface area contributed by atoms with E-state index in [0.29, 0.717) is 5.39 Å². The molecule has 1 aromatic carbocycles. The van der Waals surface area contributed by atoms with Crippen molar-refractivity contribution in [3.8, 4) is 11.1 Å². The molecule has 0 saturated heterocycles. The summed E-state index contributed by atoms with van der Waals surface area (Å²) in [5.74, 6) is 0.747. The van der Waals surface area contributed by atoms with E-state index in [1.54, 1.807) is 0 Å². The van der Waals surface area contributed by atoms with Crippen molar-refractivity contribution in [3.05, 3.63) is 50.9 Å². The third-order valence-electron chi connectivity index (χ3n) is 3.50. The predicted octanol–water partition coefficient (Wildman–Crippen LogP) is 3.83. The van der Waals surface area contributed by atoms with Crippen LogP contribution in [-0.4, -0.2) is 9.97 Å². The van der Waals surface area contributed by atoms with Crippen LogP contribution in [0.25, 0.3) is 21.3 Å². The van der Waals surface area contributed by atoms with Crippen LogP contribution in [0.3, 0.4) is 0 Å². The Labute approximate surface area is 121 Å². The zero-order valence-electron chi connectivity index (χ0n) is 11.8. The molecule has 0 aliphatic heterocycles. The maximum absolute atomic E-state index is 12.3. The Morgan fingerprint density at radius 3 is 2.75 bits per heavy atom. The lowest BCUT2D eigenvalue weighted by atomic mass is 9.99. The van der Waals surface area contributed by atoms with Gasteiger partial charge in [0.05, 0.1) is 5.39 Å². The van der Waals surface area contributed by atoms with E-state index in [1.165, 1.54) is 22.5 Å². The number of hydrogen-bond acceptors (Lipinski definition) is 3. The molecule has 0 fully saturated rings.